The van der Waals surface area contributed by atoms with Gasteiger partial charge >= 0.3 is 372 Å². The van der Waals surface area contributed by atoms with E-state index in [0.717, 1.165) is 47.9 Å². The fraction of sp³-hybridized carbons (Fsp3) is 0.423. The van der Waals surface area contributed by atoms with E-state index in [-0.39, 0.29) is 24.7 Å². The number of hydrogen-bond acceptors (Lipinski definition) is 2. The first-order valence-corrected chi connectivity index (χ1v) is 33.1. The number of fused-ring (bicyclic) bond motifs is 2. The molecule has 2 amide bonds. The van der Waals surface area contributed by atoms with Gasteiger partial charge in [-0.25, -0.2) is 0 Å². The van der Waals surface area contributed by atoms with E-state index in [1.165, 1.54) is 44.5 Å². The summed E-state index contributed by atoms with van der Waals surface area (Å²) in [6, 6.07) is 30.7. The average molecular weight is 924 g/mol. The van der Waals surface area contributed by atoms with Crippen molar-refractivity contribution in [1.82, 2.24) is 10.5 Å². The van der Waals surface area contributed by atoms with Crippen LogP contribution < -0.4 is 10.5 Å². The van der Waals surface area contributed by atoms with E-state index in [9.17, 15) is 9.59 Å². The van der Waals surface area contributed by atoms with Gasteiger partial charge in [-0.3, -0.25) is 0 Å². The van der Waals surface area contributed by atoms with Crippen molar-refractivity contribution in [3.63, 3.8) is 0 Å². The van der Waals surface area contributed by atoms with Crippen molar-refractivity contribution >= 4 is 45.5 Å². The maximum atomic E-state index is 13.9. The van der Waals surface area contributed by atoms with E-state index in [4.69, 9.17) is 17.0 Å². The molecule has 4 aromatic carbocycles. The molecule has 0 spiro atoms. The van der Waals surface area contributed by atoms with Gasteiger partial charge in [0.15, 0.2) is 0 Å². The number of nitrogens with one attached hydrogen (secondary N) is 2. The van der Waals surface area contributed by atoms with E-state index < -0.39 is 27.9 Å². The van der Waals surface area contributed by atoms with Crippen molar-refractivity contribution in [1.29, 1.82) is 0 Å². The molecule has 0 radical (unpaired) electrons. The molecule has 317 valence electrons. The van der Waals surface area contributed by atoms with Crippen molar-refractivity contribution in [2.24, 2.45) is 23.7 Å². The zero-order chi connectivity index (χ0) is 43.5. The Morgan fingerprint density at radius 2 is 0.883 bits per heavy atom. The Kier molecular flexibility index (Phi) is 14.7. The van der Waals surface area contributed by atoms with E-state index >= 15 is 0 Å². The number of allylic oxidation sites excluding steroid dienone is 2. The molecule has 0 bridgehead atoms. The molecule has 2 unspecified atom stereocenters. The predicted octanol–water partition coefficient (Wildman–Crippen LogP) is 14.1. The molecule has 0 aliphatic heterocycles. The van der Waals surface area contributed by atoms with Crippen LogP contribution in [0.4, 0.5) is 0 Å². The van der Waals surface area contributed by atoms with Crippen molar-refractivity contribution in [2.75, 3.05) is 0 Å². The Balaban J connectivity index is 1.72. The van der Waals surface area contributed by atoms with Crippen LogP contribution in [0.5, 0.6) is 0 Å². The number of rotatable bonds is 17. The molecule has 2 aliphatic carbocycles. The molecular formula is C52H66BCl2N2O2Zr. The summed E-state index contributed by atoms with van der Waals surface area (Å²) in [6.07, 6.45) is 8.68. The van der Waals surface area contributed by atoms with Crippen LogP contribution >= 0.6 is 17.0 Å². The van der Waals surface area contributed by atoms with Crippen molar-refractivity contribution in [2.45, 2.75) is 115 Å². The molecule has 2 atom stereocenters. The molecule has 8 heteroatoms. The molecule has 0 saturated carbocycles. The van der Waals surface area contributed by atoms with Crippen LogP contribution in [0.25, 0.3) is 34.4 Å². The van der Waals surface area contributed by atoms with Gasteiger partial charge in [0.05, 0.1) is 0 Å². The number of halogens is 2. The third-order valence-corrected chi connectivity index (χ3v) is 32.3. The monoisotopic (exact) mass is 921 g/mol. The Morgan fingerprint density at radius 3 is 1.23 bits per heavy atom. The van der Waals surface area contributed by atoms with E-state index in [2.05, 4.69) is 163 Å². The summed E-state index contributed by atoms with van der Waals surface area (Å²) >= 11 is -6.09. The van der Waals surface area contributed by atoms with Gasteiger partial charge in [0.2, 0.25) is 0 Å². The summed E-state index contributed by atoms with van der Waals surface area (Å²) in [4.78, 5) is 27.7. The second-order valence-electron chi connectivity index (χ2n) is 19.1. The summed E-state index contributed by atoms with van der Waals surface area (Å²) in [5.41, 5.74) is 14.2. The molecule has 0 aromatic heterocycles. The zero-order valence-electron chi connectivity index (χ0n) is 37.6. The molecule has 60 heavy (non-hydrogen) atoms. The van der Waals surface area contributed by atoms with Crippen LogP contribution in [-0.2, 0) is 38.6 Å². The maximum absolute atomic E-state index is 13.9. The number of amides is 2. The Bertz CT molecular complexity index is 2140. The first-order valence-electron chi connectivity index (χ1n) is 22.5. The summed E-state index contributed by atoms with van der Waals surface area (Å²) in [6.45, 7) is 21.7. The van der Waals surface area contributed by atoms with Crippen LogP contribution in [0.2, 0.25) is 0 Å². The number of carbonyl (C=O) groups excluding carboxylic acids is 2. The summed E-state index contributed by atoms with van der Waals surface area (Å²) in [7, 11) is 18.1. The van der Waals surface area contributed by atoms with Gasteiger partial charge in [0, 0.05) is 0 Å². The summed E-state index contributed by atoms with van der Waals surface area (Å²) in [5, 5.41) is 6.67. The Hall–Kier alpha value is -3.17. The van der Waals surface area contributed by atoms with Gasteiger partial charge in [-0.1, -0.05) is 0 Å². The fourth-order valence-electron chi connectivity index (χ4n) is 10.1. The molecular weight excluding hydrogens is 858 g/mol. The molecule has 4 nitrogen and oxygen atoms in total. The second kappa shape index (κ2) is 19.1. The predicted molar refractivity (Wildman–Crippen MR) is 256 cm³/mol. The normalized spacial score (nSPS) is 16.7. The third-order valence-electron chi connectivity index (χ3n) is 12.4. The van der Waals surface area contributed by atoms with Gasteiger partial charge < -0.3 is 0 Å². The Labute approximate surface area is 369 Å². The van der Waals surface area contributed by atoms with Gasteiger partial charge in [0.1, 0.15) is 0 Å². The first-order chi connectivity index (χ1) is 28.5. The molecule has 2 N–H and O–H groups in total. The molecule has 2 aliphatic rings. The van der Waals surface area contributed by atoms with Gasteiger partial charge in [0.25, 0.3) is 0 Å². The van der Waals surface area contributed by atoms with Crippen molar-refractivity contribution in [3.8, 4) is 22.3 Å². The topological polar surface area (TPSA) is 58.2 Å². The third kappa shape index (κ3) is 9.28. The molecule has 4 aromatic rings. The molecule has 0 heterocycles. The number of benzene rings is 4. The number of hydrogen-bond donors (Lipinski definition) is 2. The van der Waals surface area contributed by atoms with E-state index in [0.29, 0.717) is 23.7 Å². The van der Waals surface area contributed by atoms with Gasteiger partial charge in [-0.2, -0.15) is 0 Å². The van der Waals surface area contributed by atoms with Gasteiger partial charge in [-0.05, 0) is 0 Å². The summed E-state index contributed by atoms with van der Waals surface area (Å²) in [5.74, 6) is 1.20. The van der Waals surface area contributed by atoms with Crippen LogP contribution in [0.1, 0.15) is 136 Å². The number of carbonyl (C=O) groups is 2. The van der Waals surface area contributed by atoms with Crippen LogP contribution in [0, 0.1) is 23.7 Å². The Morgan fingerprint density at radius 1 is 0.533 bits per heavy atom. The SMILES string of the molecule is CCC(=O)N[B](NC(=O)CC)[Zr]([Cl])([Cl])([CH]1C(CC(C)C)=Cc2c(-c3ccccc3CC(C)C)cccc21)[CH]1C(CC(C)C)=Cc2c(-c3ccccc3CC(C)C)cccc21. The summed E-state index contributed by atoms with van der Waals surface area (Å²) < 4.78 is -1.78. The minimum absolute atomic E-state index is 0.189. The fourth-order valence-corrected chi connectivity index (χ4v) is 30.8. The van der Waals surface area contributed by atoms with Crippen LogP contribution in [0.3, 0.4) is 0 Å². The average Bonchev–Trinajstić information content (AvgIpc) is 3.76. The minimum atomic E-state index is -6.09. The second-order valence-corrected chi connectivity index (χ2v) is 40.5. The van der Waals surface area contributed by atoms with Crippen molar-refractivity contribution in [3.05, 3.63) is 129 Å². The molecule has 0 saturated heterocycles. The van der Waals surface area contributed by atoms with Crippen LogP contribution in [-0.4, -0.2) is 16.3 Å². The standard InChI is InChI=1S/2C23H27.C6H11BN2O2.2ClH.Zr/c2*1-16(2)12-18-14-20-9-7-11-22(23(20)15-18)21-10-6-5-8-19(21)13-17(3)4;1-3-5(10)8-7-9-6(11)4-2;;;/h2*5-11,14-17H,12-13H2,1-4H3;3-4H2,1-2H3,(H-,8,9,10,11);2*1H;/q;;;;;+1/p-1. The molecule has 0 fully saturated rings. The van der Waals surface area contributed by atoms with E-state index in [1.54, 1.807) is 0 Å². The first kappa shape index (κ1) is 46.3. The quantitative estimate of drug-likeness (QED) is 0.104. The molecule has 6 rings (SSSR count). The van der Waals surface area contributed by atoms with Crippen LogP contribution in [0.15, 0.2) is 96.1 Å². The zero-order valence-corrected chi connectivity index (χ0v) is 41.6. The van der Waals surface area contributed by atoms with Crippen molar-refractivity contribution < 1.29 is 25.8 Å². The van der Waals surface area contributed by atoms with Gasteiger partial charge in [-0.15, -0.1) is 0 Å². The van der Waals surface area contributed by atoms with E-state index in [1.807, 2.05) is 13.8 Å².